The van der Waals surface area contributed by atoms with Gasteiger partial charge >= 0.3 is 12.3 Å². The molecule has 0 radical (unpaired) electrons. The minimum atomic E-state index is -3.18. The van der Waals surface area contributed by atoms with Crippen molar-refractivity contribution in [2.24, 2.45) is 0 Å². The van der Waals surface area contributed by atoms with Crippen molar-refractivity contribution < 1.29 is 27.6 Å². The Morgan fingerprint density at radius 2 is 2.18 bits per heavy atom. The number of hydrogen-bond acceptors (Lipinski definition) is 6. The number of halogens is 3. The van der Waals surface area contributed by atoms with E-state index in [1.54, 1.807) is 5.38 Å². The molecule has 0 atom stereocenters. The fourth-order valence-corrected chi connectivity index (χ4v) is 3.07. The highest BCUT2D eigenvalue weighted by Crippen LogP contribution is 2.28. The first-order valence-electron chi connectivity index (χ1n) is 7.62. The molecule has 3 aromatic rings. The average molecular weight is 412 g/mol. The second-order valence-electron chi connectivity index (χ2n) is 5.45. The summed E-state index contributed by atoms with van der Waals surface area (Å²) >= 11 is 1.08. The largest absolute Gasteiger partial charge is 0.432 e. The summed E-state index contributed by atoms with van der Waals surface area (Å²) < 4.78 is 43.7. The molecule has 0 saturated carbocycles. The Labute approximate surface area is 159 Å². The molecule has 1 amide bonds. The van der Waals surface area contributed by atoms with Crippen LogP contribution in [0.25, 0.3) is 0 Å². The van der Waals surface area contributed by atoms with E-state index >= 15 is 0 Å². The van der Waals surface area contributed by atoms with Crippen LogP contribution in [0.3, 0.4) is 0 Å². The van der Waals surface area contributed by atoms with Gasteiger partial charge in [-0.05, 0) is 29.1 Å². The van der Waals surface area contributed by atoms with E-state index in [0.717, 1.165) is 35.7 Å². The van der Waals surface area contributed by atoms with Crippen molar-refractivity contribution in [1.29, 1.82) is 0 Å². The Morgan fingerprint density at radius 1 is 1.39 bits per heavy atom. The van der Waals surface area contributed by atoms with E-state index in [4.69, 9.17) is 0 Å². The maximum atomic E-state index is 13.2. The van der Waals surface area contributed by atoms with Crippen LogP contribution in [-0.4, -0.2) is 27.2 Å². The van der Waals surface area contributed by atoms with Gasteiger partial charge in [-0.3, -0.25) is 19.6 Å². The molecular formula is C16H11F3N4O4S. The number of ether oxygens (including phenoxy) is 1. The van der Waals surface area contributed by atoms with Gasteiger partial charge in [0.15, 0.2) is 5.75 Å². The monoisotopic (exact) mass is 412 g/mol. The highest BCUT2D eigenvalue weighted by atomic mass is 32.1. The zero-order valence-corrected chi connectivity index (χ0v) is 14.7. The summed E-state index contributed by atoms with van der Waals surface area (Å²) in [6.07, 6.45) is 2.36. The number of thiophene rings is 1. The number of alkyl halides is 2. The third kappa shape index (κ3) is 4.65. The minimum absolute atomic E-state index is 0.107. The Morgan fingerprint density at radius 3 is 2.86 bits per heavy atom. The number of nitrogens with one attached hydrogen (secondary N) is 1. The van der Waals surface area contributed by atoms with Crippen LogP contribution in [-0.2, 0) is 6.54 Å². The van der Waals surface area contributed by atoms with Crippen molar-refractivity contribution in [3.63, 3.8) is 0 Å². The number of anilines is 1. The first-order valence-corrected chi connectivity index (χ1v) is 8.50. The number of amides is 1. The van der Waals surface area contributed by atoms with E-state index in [1.807, 2.05) is 0 Å². The molecule has 3 rings (SSSR count). The molecule has 2 heterocycles. The van der Waals surface area contributed by atoms with Crippen LogP contribution in [0.4, 0.5) is 24.5 Å². The molecule has 0 unspecified atom stereocenters. The fourth-order valence-electron chi connectivity index (χ4n) is 2.27. The SMILES string of the molecule is O=C(Nc1ccc(F)cc1OC(F)F)c1cc(Cn2cc([N+](=O)[O-])cn2)cs1. The molecule has 0 aliphatic carbocycles. The molecule has 0 bridgehead atoms. The Balaban J connectivity index is 1.71. The molecule has 12 heteroatoms. The van der Waals surface area contributed by atoms with Gasteiger partial charge < -0.3 is 10.1 Å². The molecular weight excluding hydrogens is 401 g/mol. The Kier molecular flexibility index (Phi) is 5.59. The standard InChI is InChI=1S/C16H11F3N4O4S/c17-10-1-2-12(13(4-10)27-16(18)19)21-15(24)14-3-9(8-28-14)6-22-7-11(5-20-22)23(25)26/h1-5,7-8,16H,6H2,(H,21,24). The van der Waals surface area contributed by atoms with Crippen LogP contribution in [0.15, 0.2) is 42.0 Å². The third-order valence-electron chi connectivity index (χ3n) is 3.46. The van der Waals surface area contributed by atoms with E-state index in [2.05, 4.69) is 15.2 Å². The van der Waals surface area contributed by atoms with Gasteiger partial charge in [0.25, 0.3) is 5.91 Å². The molecule has 0 aliphatic heterocycles. The lowest BCUT2D eigenvalue weighted by Gasteiger charge is -2.11. The van der Waals surface area contributed by atoms with Gasteiger partial charge in [-0.15, -0.1) is 11.3 Å². The van der Waals surface area contributed by atoms with E-state index in [9.17, 15) is 28.1 Å². The van der Waals surface area contributed by atoms with E-state index in [0.29, 0.717) is 5.56 Å². The Hall–Kier alpha value is -3.41. The van der Waals surface area contributed by atoms with Crippen LogP contribution in [0.2, 0.25) is 0 Å². The average Bonchev–Trinajstić information content (AvgIpc) is 3.27. The molecule has 0 aliphatic rings. The van der Waals surface area contributed by atoms with Gasteiger partial charge in [-0.1, -0.05) is 0 Å². The molecule has 146 valence electrons. The number of hydrogen-bond donors (Lipinski definition) is 1. The van der Waals surface area contributed by atoms with Crippen molar-refractivity contribution in [2.45, 2.75) is 13.2 Å². The summed E-state index contributed by atoms with van der Waals surface area (Å²) in [5.74, 6) is -1.89. The predicted octanol–water partition coefficient (Wildman–Crippen LogP) is 3.89. The van der Waals surface area contributed by atoms with Crippen molar-refractivity contribution in [1.82, 2.24) is 9.78 Å². The molecule has 28 heavy (non-hydrogen) atoms. The van der Waals surface area contributed by atoms with E-state index in [1.165, 1.54) is 16.9 Å². The highest BCUT2D eigenvalue weighted by molar-refractivity contribution is 7.12. The fraction of sp³-hybridized carbons (Fsp3) is 0.125. The summed E-state index contributed by atoms with van der Waals surface area (Å²) in [5.41, 5.74) is 0.400. The number of rotatable bonds is 7. The van der Waals surface area contributed by atoms with E-state index in [-0.39, 0.29) is 22.8 Å². The summed E-state index contributed by atoms with van der Waals surface area (Å²) in [7, 11) is 0. The molecule has 8 nitrogen and oxygen atoms in total. The first-order chi connectivity index (χ1) is 13.3. The Bertz CT molecular complexity index is 1020. The molecule has 2 aromatic heterocycles. The second-order valence-corrected chi connectivity index (χ2v) is 6.36. The van der Waals surface area contributed by atoms with Gasteiger partial charge in [-0.2, -0.15) is 13.9 Å². The lowest BCUT2D eigenvalue weighted by atomic mass is 10.2. The van der Waals surface area contributed by atoms with Crippen molar-refractivity contribution in [3.8, 4) is 5.75 Å². The molecule has 1 aromatic carbocycles. The molecule has 1 N–H and O–H groups in total. The van der Waals surface area contributed by atoms with Crippen molar-refractivity contribution in [3.05, 3.63) is 68.4 Å². The zero-order valence-electron chi connectivity index (χ0n) is 13.8. The summed E-state index contributed by atoms with van der Waals surface area (Å²) in [6.45, 7) is -2.97. The van der Waals surface area contributed by atoms with Gasteiger partial charge in [0.05, 0.1) is 22.0 Å². The van der Waals surface area contributed by atoms with Crippen molar-refractivity contribution >= 4 is 28.6 Å². The van der Waals surface area contributed by atoms with Crippen LogP contribution < -0.4 is 10.1 Å². The lowest BCUT2D eigenvalue weighted by molar-refractivity contribution is -0.385. The van der Waals surface area contributed by atoms with Crippen molar-refractivity contribution in [2.75, 3.05) is 5.32 Å². The number of nitrogens with zero attached hydrogens (tertiary/aromatic N) is 3. The maximum absolute atomic E-state index is 13.2. The van der Waals surface area contributed by atoms with Crippen LogP contribution in [0.1, 0.15) is 15.2 Å². The minimum Gasteiger partial charge on any atom is -0.432 e. The molecule has 0 spiro atoms. The molecule has 0 saturated heterocycles. The number of aromatic nitrogens is 2. The third-order valence-corrected chi connectivity index (χ3v) is 4.44. The van der Waals surface area contributed by atoms with Gasteiger partial charge in [0, 0.05) is 6.07 Å². The predicted molar refractivity (Wildman–Crippen MR) is 93.3 cm³/mol. The number of benzene rings is 1. The first kappa shape index (κ1) is 19.4. The highest BCUT2D eigenvalue weighted by Gasteiger charge is 2.16. The lowest BCUT2D eigenvalue weighted by Crippen LogP contribution is -2.13. The summed E-state index contributed by atoms with van der Waals surface area (Å²) in [6, 6.07) is 4.39. The molecule has 0 fully saturated rings. The van der Waals surface area contributed by atoms with Crippen LogP contribution in [0.5, 0.6) is 5.75 Å². The summed E-state index contributed by atoms with van der Waals surface area (Å²) in [5, 5.41) is 18.6. The number of carbonyl (C=O) groups excluding carboxylic acids is 1. The van der Waals surface area contributed by atoms with Gasteiger partial charge in [-0.25, -0.2) is 4.39 Å². The number of carbonyl (C=O) groups is 1. The smallest absolute Gasteiger partial charge is 0.387 e. The zero-order chi connectivity index (χ0) is 20.3. The van der Waals surface area contributed by atoms with Crippen LogP contribution >= 0.6 is 11.3 Å². The van der Waals surface area contributed by atoms with Crippen LogP contribution in [0, 0.1) is 15.9 Å². The van der Waals surface area contributed by atoms with E-state index < -0.39 is 29.0 Å². The topological polar surface area (TPSA) is 99.3 Å². The summed E-state index contributed by atoms with van der Waals surface area (Å²) in [4.78, 5) is 22.7. The maximum Gasteiger partial charge on any atom is 0.387 e. The number of nitro groups is 1. The second kappa shape index (κ2) is 8.08. The quantitative estimate of drug-likeness (QED) is 0.469. The van der Waals surface area contributed by atoms with Gasteiger partial charge in [0.2, 0.25) is 0 Å². The van der Waals surface area contributed by atoms with Gasteiger partial charge in [0.1, 0.15) is 18.2 Å². The normalized spacial score (nSPS) is 10.9.